The molecule has 0 saturated carbocycles. The van der Waals surface area contributed by atoms with Crippen molar-refractivity contribution in [3.8, 4) is 0 Å². The van der Waals surface area contributed by atoms with Crippen molar-refractivity contribution in [2.75, 3.05) is 12.4 Å². The molecule has 0 aliphatic heterocycles. The smallest absolute Gasteiger partial charge is 0.0449 e. The molecule has 0 spiro atoms. The van der Waals surface area contributed by atoms with Crippen molar-refractivity contribution in [3.05, 3.63) is 29.8 Å². The Labute approximate surface area is 89.5 Å². The van der Waals surface area contributed by atoms with E-state index in [4.69, 9.17) is 10.8 Å². The van der Waals surface area contributed by atoms with E-state index in [9.17, 15) is 0 Å². The van der Waals surface area contributed by atoms with Gasteiger partial charge in [0.2, 0.25) is 0 Å². The summed E-state index contributed by atoms with van der Waals surface area (Å²) in [4.78, 5) is 1.27. The van der Waals surface area contributed by atoms with Crippen molar-refractivity contribution >= 4 is 11.8 Å². The molecule has 3 heteroatoms. The van der Waals surface area contributed by atoms with Crippen LogP contribution in [0.5, 0.6) is 0 Å². The highest BCUT2D eigenvalue weighted by Gasteiger charge is 2.04. The summed E-state index contributed by atoms with van der Waals surface area (Å²) in [6.45, 7) is 2.28. The van der Waals surface area contributed by atoms with E-state index in [-0.39, 0.29) is 12.6 Å². The molecule has 1 aromatic rings. The molecule has 1 rings (SSSR count). The molecular weight excluding hydrogens is 194 g/mol. The van der Waals surface area contributed by atoms with Gasteiger partial charge in [-0.2, -0.15) is 0 Å². The lowest BCUT2D eigenvalue weighted by molar-refractivity contribution is 0.276. The molecule has 14 heavy (non-hydrogen) atoms. The molecule has 0 amide bonds. The van der Waals surface area contributed by atoms with Gasteiger partial charge in [-0.15, -0.1) is 11.8 Å². The van der Waals surface area contributed by atoms with E-state index in [1.54, 1.807) is 0 Å². The van der Waals surface area contributed by atoms with E-state index in [2.05, 4.69) is 19.1 Å². The highest BCUT2D eigenvalue weighted by molar-refractivity contribution is 7.99. The summed E-state index contributed by atoms with van der Waals surface area (Å²) in [7, 11) is 0. The van der Waals surface area contributed by atoms with Gasteiger partial charge in [0.15, 0.2) is 0 Å². The Balaban J connectivity index is 2.62. The summed E-state index contributed by atoms with van der Waals surface area (Å²) in [5.41, 5.74) is 6.96. The van der Waals surface area contributed by atoms with E-state index in [0.29, 0.717) is 6.42 Å². The third kappa shape index (κ3) is 3.33. The Kier molecular flexibility index (Phi) is 5.01. The van der Waals surface area contributed by atoms with Crippen LogP contribution in [-0.4, -0.2) is 17.5 Å². The second-order valence-corrected chi connectivity index (χ2v) is 4.46. The molecule has 1 atom stereocenters. The van der Waals surface area contributed by atoms with E-state index in [1.807, 2.05) is 23.9 Å². The minimum Gasteiger partial charge on any atom is -0.396 e. The topological polar surface area (TPSA) is 46.2 Å². The Morgan fingerprint density at radius 2 is 2.00 bits per heavy atom. The first-order valence-electron chi connectivity index (χ1n) is 4.87. The lowest BCUT2D eigenvalue weighted by atomic mass is 10.1. The maximum Gasteiger partial charge on any atom is 0.0449 e. The standard InChI is InChI=1S/C11H17NOS/c1-2-14-10-5-3-9(4-6-10)11(12)7-8-13/h3-6,11,13H,2,7-8,12H2,1H3/t11-/m0/s1. The van der Waals surface area contributed by atoms with Crippen LogP contribution < -0.4 is 5.73 Å². The second-order valence-electron chi connectivity index (χ2n) is 3.12. The molecular formula is C11H17NOS. The van der Waals surface area contributed by atoms with Gasteiger partial charge in [-0.1, -0.05) is 19.1 Å². The van der Waals surface area contributed by atoms with Crippen LogP contribution in [0.4, 0.5) is 0 Å². The SMILES string of the molecule is CCSc1ccc([C@@H](N)CCO)cc1. The van der Waals surface area contributed by atoms with Crippen molar-refractivity contribution in [1.29, 1.82) is 0 Å². The van der Waals surface area contributed by atoms with E-state index in [1.165, 1.54) is 4.90 Å². The first-order valence-corrected chi connectivity index (χ1v) is 5.85. The molecule has 0 unspecified atom stereocenters. The molecule has 0 bridgehead atoms. The number of rotatable bonds is 5. The Hall–Kier alpha value is -0.510. The number of benzene rings is 1. The fourth-order valence-electron chi connectivity index (χ4n) is 1.28. The van der Waals surface area contributed by atoms with Crippen LogP contribution in [0.15, 0.2) is 29.2 Å². The van der Waals surface area contributed by atoms with Crippen LogP contribution in [0.25, 0.3) is 0 Å². The molecule has 1 aromatic carbocycles. The number of hydrogen-bond donors (Lipinski definition) is 2. The summed E-state index contributed by atoms with van der Waals surface area (Å²) >= 11 is 1.82. The highest BCUT2D eigenvalue weighted by atomic mass is 32.2. The zero-order chi connectivity index (χ0) is 10.4. The van der Waals surface area contributed by atoms with Crippen molar-refractivity contribution in [2.24, 2.45) is 5.73 Å². The summed E-state index contributed by atoms with van der Waals surface area (Å²) in [6.07, 6.45) is 0.625. The normalized spacial score (nSPS) is 12.8. The monoisotopic (exact) mass is 211 g/mol. The maximum absolute atomic E-state index is 8.75. The van der Waals surface area contributed by atoms with Crippen molar-refractivity contribution in [3.63, 3.8) is 0 Å². The number of thioether (sulfide) groups is 1. The first-order chi connectivity index (χ1) is 6.77. The summed E-state index contributed by atoms with van der Waals surface area (Å²) < 4.78 is 0. The lowest BCUT2D eigenvalue weighted by Gasteiger charge is -2.10. The van der Waals surface area contributed by atoms with Gasteiger partial charge in [0.05, 0.1) is 0 Å². The van der Waals surface area contributed by atoms with Gasteiger partial charge in [-0.3, -0.25) is 0 Å². The Morgan fingerprint density at radius 3 is 2.50 bits per heavy atom. The van der Waals surface area contributed by atoms with Gasteiger partial charge < -0.3 is 10.8 Å². The number of aliphatic hydroxyl groups is 1. The van der Waals surface area contributed by atoms with E-state index >= 15 is 0 Å². The summed E-state index contributed by atoms with van der Waals surface area (Å²) in [5.74, 6) is 1.09. The average molecular weight is 211 g/mol. The summed E-state index contributed by atoms with van der Waals surface area (Å²) in [5, 5.41) is 8.75. The summed E-state index contributed by atoms with van der Waals surface area (Å²) in [6, 6.07) is 8.21. The van der Waals surface area contributed by atoms with E-state index in [0.717, 1.165) is 11.3 Å². The Morgan fingerprint density at radius 1 is 1.36 bits per heavy atom. The molecule has 0 aromatic heterocycles. The second kappa shape index (κ2) is 6.06. The van der Waals surface area contributed by atoms with Crippen LogP contribution in [0, 0.1) is 0 Å². The first kappa shape index (κ1) is 11.6. The van der Waals surface area contributed by atoms with Crippen molar-refractivity contribution < 1.29 is 5.11 Å². The van der Waals surface area contributed by atoms with Crippen LogP contribution >= 0.6 is 11.8 Å². The van der Waals surface area contributed by atoms with Gasteiger partial charge in [0.1, 0.15) is 0 Å². The molecule has 78 valence electrons. The van der Waals surface area contributed by atoms with Crippen LogP contribution in [0.2, 0.25) is 0 Å². The number of aliphatic hydroxyl groups excluding tert-OH is 1. The maximum atomic E-state index is 8.75. The quantitative estimate of drug-likeness (QED) is 0.734. The zero-order valence-corrected chi connectivity index (χ0v) is 9.26. The van der Waals surface area contributed by atoms with E-state index < -0.39 is 0 Å². The molecule has 0 saturated heterocycles. The van der Waals surface area contributed by atoms with Crippen molar-refractivity contribution in [1.82, 2.24) is 0 Å². The zero-order valence-electron chi connectivity index (χ0n) is 8.44. The lowest BCUT2D eigenvalue weighted by Crippen LogP contribution is -2.11. The predicted octanol–water partition coefficient (Wildman–Crippen LogP) is 2.18. The van der Waals surface area contributed by atoms with Crippen molar-refractivity contribution in [2.45, 2.75) is 24.3 Å². The molecule has 0 aliphatic carbocycles. The van der Waals surface area contributed by atoms with Gasteiger partial charge >= 0.3 is 0 Å². The molecule has 0 fully saturated rings. The van der Waals surface area contributed by atoms with Crippen LogP contribution in [0.3, 0.4) is 0 Å². The molecule has 0 aliphatic rings. The largest absolute Gasteiger partial charge is 0.396 e. The van der Waals surface area contributed by atoms with Gasteiger partial charge in [-0.05, 0) is 29.9 Å². The van der Waals surface area contributed by atoms with Gasteiger partial charge in [0, 0.05) is 17.5 Å². The molecule has 2 nitrogen and oxygen atoms in total. The minimum absolute atomic E-state index is 0.0410. The van der Waals surface area contributed by atoms with Crippen LogP contribution in [0.1, 0.15) is 24.9 Å². The van der Waals surface area contributed by atoms with Crippen LogP contribution in [-0.2, 0) is 0 Å². The fourth-order valence-corrected chi connectivity index (χ4v) is 1.95. The third-order valence-corrected chi connectivity index (χ3v) is 2.95. The average Bonchev–Trinajstić information content (AvgIpc) is 2.20. The third-order valence-electron chi connectivity index (χ3n) is 2.06. The molecule has 0 heterocycles. The molecule has 3 N–H and O–H groups in total. The minimum atomic E-state index is -0.0410. The fraction of sp³-hybridized carbons (Fsp3) is 0.455. The van der Waals surface area contributed by atoms with Gasteiger partial charge in [0.25, 0.3) is 0 Å². The number of nitrogens with two attached hydrogens (primary N) is 1. The predicted molar refractivity (Wildman–Crippen MR) is 61.5 cm³/mol. The highest BCUT2D eigenvalue weighted by Crippen LogP contribution is 2.20. The van der Waals surface area contributed by atoms with Gasteiger partial charge in [-0.25, -0.2) is 0 Å². The number of hydrogen-bond acceptors (Lipinski definition) is 3. The molecule has 0 radical (unpaired) electrons. The Bertz CT molecular complexity index is 260.